The van der Waals surface area contributed by atoms with E-state index in [2.05, 4.69) is 9.97 Å². The molecule has 0 saturated heterocycles. The molecule has 0 aliphatic rings. The minimum Gasteiger partial charge on any atom is -0.284 e. The average Bonchev–Trinajstić information content (AvgIpc) is 2.65. The molecule has 0 spiro atoms. The van der Waals surface area contributed by atoms with Crippen molar-refractivity contribution in [3.63, 3.8) is 0 Å². The Bertz CT molecular complexity index is 450. The van der Waals surface area contributed by atoms with Gasteiger partial charge in [-0.1, -0.05) is 0 Å². The molecule has 0 radical (unpaired) electrons. The van der Waals surface area contributed by atoms with Crippen molar-refractivity contribution < 1.29 is 4.79 Å². The molecule has 4 heteroatoms. The van der Waals surface area contributed by atoms with Crippen molar-refractivity contribution in [2.75, 3.05) is 0 Å². The van der Waals surface area contributed by atoms with E-state index in [4.69, 9.17) is 0 Å². The molecular weight excluding hydrogens is 196 g/mol. The smallest absolute Gasteiger partial charge is 0.240 e. The summed E-state index contributed by atoms with van der Waals surface area (Å²) in [6, 6.07) is 3.61. The van der Waals surface area contributed by atoms with Crippen molar-refractivity contribution in [2.45, 2.75) is 6.92 Å². The number of thiophene rings is 1. The van der Waals surface area contributed by atoms with Crippen LogP contribution in [0.2, 0.25) is 0 Å². The van der Waals surface area contributed by atoms with Gasteiger partial charge in [-0.15, -0.1) is 11.3 Å². The Morgan fingerprint density at radius 2 is 2.07 bits per heavy atom. The number of rotatable bonds is 2. The Balaban J connectivity index is 2.39. The van der Waals surface area contributed by atoms with Crippen molar-refractivity contribution in [1.29, 1.82) is 0 Å². The van der Waals surface area contributed by atoms with E-state index in [1.165, 1.54) is 11.3 Å². The molecule has 0 N–H and O–H groups in total. The fraction of sp³-hybridized carbons (Fsp3) is 0.100. The van der Waals surface area contributed by atoms with E-state index >= 15 is 0 Å². The number of aromatic nitrogens is 2. The number of carbonyl (C=O) groups is 1. The van der Waals surface area contributed by atoms with Crippen molar-refractivity contribution in [3.8, 4) is 0 Å². The lowest BCUT2D eigenvalue weighted by atomic mass is 10.2. The van der Waals surface area contributed by atoms with Crippen LogP contribution in [0.5, 0.6) is 0 Å². The average molecular weight is 204 g/mol. The number of hydrogen-bond acceptors (Lipinski definition) is 4. The maximum absolute atomic E-state index is 11.8. The van der Waals surface area contributed by atoms with Crippen LogP contribution >= 0.6 is 11.3 Å². The first-order chi connectivity index (χ1) is 6.79. The Kier molecular flexibility index (Phi) is 2.37. The molecule has 0 aliphatic carbocycles. The van der Waals surface area contributed by atoms with Gasteiger partial charge in [0.1, 0.15) is 0 Å². The van der Waals surface area contributed by atoms with Gasteiger partial charge in [0, 0.05) is 12.4 Å². The zero-order valence-electron chi connectivity index (χ0n) is 7.60. The second-order valence-corrected chi connectivity index (χ2v) is 3.75. The molecule has 0 amide bonds. The molecule has 2 heterocycles. The van der Waals surface area contributed by atoms with E-state index in [9.17, 15) is 4.79 Å². The first-order valence-corrected chi connectivity index (χ1v) is 5.03. The van der Waals surface area contributed by atoms with Gasteiger partial charge in [-0.3, -0.25) is 4.79 Å². The third-order valence-corrected chi connectivity index (χ3v) is 2.85. The topological polar surface area (TPSA) is 42.9 Å². The molecule has 14 heavy (non-hydrogen) atoms. The summed E-state index contributed by atoms with van der Waals surface area (Å²) in [6.45, 7) is 1.91. The molecule has 2 aromatic heterocycles. The molecule has 0 saturated carbocycles. The van der Waals surface area contributed by atoms with Crippen LogP contribution in [0, 0.1) is 6.92 Å². The number of aryl methyl sites for hydroxylation is 1. The number of hydrogen-bond donors (Lipinski definition) is 0. The lowest BCUT2D eigenvalue weighted by Gasteiger charge is -1.96. The van der Waals surface area contributed by atoms with Crippen LogP contribution in [0.1, 0.15) is 21.1 Å². The second-order valence-electron chi connectivity index (χ2n) is 2.83. The van der Waals surface area contributed by atoms with Gasteiger partial charge in [0.05, 0.1) is 4.88 Å². The normalized spacial score (nSPS) is 10.1. The highest BCUT2D eigenvalue weighted by Gasteiger charge is 2.14. The van der Waals surface area contributed by atoms with E-state index in [1.807, 2.05) is 18.4 Å². The predicted molar refractivity (Wildman–Crippen MR) is 54.5 cm³/mol. The summed E-state index contributed by atoms with van der Waals surface area (Å²) in [5.74, 6) is 0.163. The summed E-state index contributed by atoms with van der Waals surface area (Å²) in [5.41, 5.74) is 0.979. The van der Waals surface area contributed by atoms with Gasteiger partial charge in [-0.25, -0.2) is 9.97 Å². The molecule has 0 aromatic carbocycles. The number of ketones is 1. The fourth-order valence-electron chi connectivity index (χ4n) is 1.12. The van der Waals surface area contributed by atoms with E-state index in [0.717, 1.165) is 10.4 Å². The van der Waals surface area contributed by atoms with Crippen LogP contribution in [0.25, 0.3) is 0 Å². The van der Waals surface area contributed by atoms with Crippen LogP contribution in [0.15, 0.2) is 29.9 Å². The molecule has 0 aliphatic heterocycles. The SMILES string of the molecule is Cc1ccsc1C(=O)c1ncccn1. The van der Waals surface area contributed by atoms with Gasteiger partial charge in [0.25, 0.3) is 0 Å². The largest absolute Gasteiger partial charge is 0.284 e. The Morgan fingerprint density at radius 1 is 1.36 bits per heavy atom. The van der Waals surface area contributed by atoms with Crippen molar-refractivity contribution in [3.05, 3.63) is 46.2 Å². The van der Waals surface area contributed by atoms with Crippen LogP contribution < -0.4 is 0 Å². The summed E-state index contributed by atoms with van der Waals surface area (Å²) < 4.78 is 0. The van der Waals surface area contributed by atoms with E-state index in [0.29, 0.717) is 0 Å². The van der Waals surface area contributed by atoms with Crippen LogP contribution in [-0.2, 0) is 0 Å². The Hall–Kier alpha value is -1.55. The highest BCUT2D eigenvalue weighted by molar-refractivity contribution is 7.12. The van der Waals surface area contributed by atoms with Gasteiger partial charge in [-0.05, 0) is 30.0 Å². The van der Waals surface area contributed by atoms with Crippen LogP contribution in [0.3, 0.4) is 0 Å². The molecule has 2 aromatic rings. The van der Waals surface area contributed by atoms with Gasteiger partial charge < -0.3 is 0 Å². The van der Waals surface area contributed by atoms with E-state index in [-0.39, 0.29) is 11.6 Å². The highest BCUT2D eigenvalue weighted by atomic mass is 32.1. The molecular formula is C10H8N2OS. The zero-order valence-corrected chi connectivity index (χ0v) is 8.41. The molecule has 2 rings (SSSR count). The summed E-state index contributed by atoms with van der Waals surface area (Å²) in [4.78, 5) is 20.4. The van der Waals surface area contributed by atoms with Crippen LogP contribution in [0.4, 0.5) is 0 Å². The lowest BCUT2D eigenvalue weighted by Crippen LogP contribution is -2.05. The minimum atomic E-state index is -0.0990. The Morgan fingerprint density at radius 3 is 2.64 bits per heavy atom. The first kappa shape index (κ1) is 9.02. The fourth-order valence-corrected chi connectivity index (χ4v) is 1.98. The summed E-state index contributed by atoms with van der Waals surface area (Å²) in [7, 11) is 0. The van der Waals surface area contributed by atoms with Gasteiger partial charge >= 0.3 is 0 Å². The third kappa shape index (κ3) is 1.56. The summed E-state index contributed by atoms with van der Waals surface area (Å²) in [6.07, 6.45) is 3.15. The molecule has 0 fully saturated rings. The quantitative estimate of drug-likeness (QED) is 0.703. The highest BCUT2D eigenvalue weighted by Crippen LogP contribution is 2.17. The lowest BCUT2D eigenvalue weighted by molar-refractivity contribution is 0.103. The van der Waals surface area contributed by atoms with E-state index in [1.54, 1.807) is 18.5 Å². The zero-order chi connectivity index (χ0) is 9.97. The van der Waals surface area contributed by atoms with Crippen LogP contribution in [-0.4, -0.2) is 15.8 Å². The summed E-state index contributed by atoms with van der Waals surface area (Å²) in [5, 5.41) is 1.89. The molecule has 0 bridgehead atoms. The minimum absolute atomic E-state index is 0.0990. The van der Waals surface area contributed by atoms with Gasteiger partial charge in [0.15, 0.2) is 0 Å². The standard InChI is InChI=1S/C10H8N2OS/c1-7-3-6-14-9(7)8(13)10-11-4-2-5-12-10/h2-6H,1H3. The second kappa shape index (κ2) is 3.67. The van der Waals surface area contributed by atoms with Crippen molar-refractivity contribution >= 4 is 17.1 Å². The number of carbonyl (C=O) groups excluding carboxylic acids is 1. The summed E-state index contributed by atoms with van der Waals surface area (Å²) >= 11 is 1.42. The third-order valence-electron chi connectivity index (χ3n) is 1.84. The monoisotopic (exact) mass is 204 g/mol. The van der Waals surface area contributed by atoms with Crippen molar-refractivity contribution in [2.24, 2.45) is 0 Å². The van der Waals surface area contributed by atoms with Gasteiger partial charge in [-0.2, -0.15) is 0 Å². The maximum Gasteiger partial charge on any atom is 0.240 e. The number of nitrogens with zero attached hydrogens (tertiary/aromatic N) is 2. The Labute approximate surface area is 85.5 Å². The van der Waals surface area contributed by atoms with Crippen molar-refractivity contribution in [1.82, 2.24) is 9.97 Å². The molecule has 70 valence electrons. The predicted octanol–water partition coefficient (Wildman–Crippen LogP) is 2.08. The first-order valence-electron chi connectivity index (χ1n) is 4.15. The molecule has 0 unspecified atom stereocenters. The van der Waals surface area contributed by atoms with E-state index < -0.39 is 0 Å². The molecule has 3 nitrogen and oxygen atoms in total. The molecule has 0 atom stereocenters. The van der Waals surface area contributed by atoms with Gasteiger partial charge in [0.2, 0.25) is 11.6 Å². The maximum atomic E-state index is 11.8.